The van der Waals surface area contributed by atoms with Crippen molar-refractivity contribution in [3.05, 3.63) is 54.1 Å². The summed E-state index contributed by atoms with van der Waals surface area (Å²) in [5, 5.41) is 27.5. The molecular formula is C19H15N5O2S2. The second kappa shape index (κ2) is 7.91. The minimum Gasteiger partial charge on any atom is -0.493 e. The minimum absolute atomic E-state index is 0.0923. The molecule has 9 heteroatoms. The normalized spacial score (nSPS) is 11.5. The Hall–Kier alpha value is -3.04. The lowest BCUT2D eigenvalue weighted by Gasteiger charge is -1.94. The Morgan fingerprint density at radius 2 is 2.04 bits per heavy atom. The van der Waals surface area contributed by atoms with Gasteiger partial charge in [-0.1, -0.05) is 65.1 Å². The van der Waals surface area contributed by atoms with Gasteiger partial charge in [0.1, 0.15) is 5.01 Å². The number of nitrogens with one attached hydrogen (secondary N) is 1. The Bertz CT molecular complexity index is 1170. The van der Waals surface area contributed by atoms with Gasteiger partial charge in [-0.05, 0) is 19.1 Å². The van der Waals surface area contributed by atoms with E-state index >= 15 is 0 Å². The van der Waals surface area contributed by atoms with Crippen LogP contribution in [0.3, 0.4) is 0 Å². The Morgan fingerprint density at radius 3 is 2.86 bits per heavy atom. The van der Waals surface area contributed by atoms with Crippen molar-refractivity contribution in [1.82, 2.24) is 15.2 Å². The Labute approximate surface area is 168 Å². The highest BCUT2D eigenvalue weighted by molar-refractivity contribution is 8.01. The Balaban J connectivity index is 1.42. The van der Waals surface area contributed by atoms with E-state index in [2.05, 4.69) is 25.4 Å². The number of hydrogen-bond donors (Lipinski definition) is 2. The van der Waals surface area contributed by atoms with E-state index in [1.165, 1.54) is 23.1 Å². The quantitative estimate of drug-likeness (QED) is 0.352. The molecule has 4 rings (SSSR count). The number of carbonyl (C=O) groups is 1. The molecule has 0 aliphatic heterocycles. The van der Waals surface area contributed by atoms with Crippen LogP contribution in [-0.4, -0.2) is 31.9 Å². The summed E-state index contributed by atoms with van der Waals surface area (Å²) in [4.78, 5) is 14.9. The first kappa shape index (κ1) is 18.3. The second-order valence-electron chi connectivity index (χ2n) is 5.99. The number of amides is 1. The minimum atomic E-state index is -0.414. The van der Waals surface area contributed by atoms with Crippen LogP contribution in [0, 0.1) is 6.92 Å². The zero-order valence-corrected chi connectivity index (χ0v) is 16.4. The largest absolute Gasteiger partial charge is 0.493 e. The van der Waals surface area contributed by atoms with Gasteiger partial charge in [-0.25, -0.2) is 0 Å². The summed E-state index contributed by atoms with van der Waals surface area (Å²) in [7, 11) is 0. The molecule has 0 saturated carbocycles. The van der Waals surface area contributed by atoms with E-state index in [1.807, 2.05) is 55.5 Å². The number of nitrogens with zero attached hydrogens (tertiary/aromatic N) is 4. The molecule has 0 aliphatic carbocycles. The molecule has 0 aliphatic rings. The topological polar surface area (TPSA) is 104 Å². The van der Waals surface area contributed by atoms with E-state index in [0.717, 1.165) is 27.0 Å². The predicted octanol–water partition coefficient (Wildman–Crippen LogP) is 5.10. The fourth-order valence-corrected chi connectivity index (χ4v) is 4.24. The van der Waals surface area contributed by atoms with Crippen LogP contribution in [0.15, 0.2) is 63.1 Å². The summed E-state index contributed by atoms with van der Waals surface area (Å²) >= 11 is 2.68. The number of aromatic hydroxyl groups is 1. The summed E-state index contributed by atoms with van der Waals surface area (Å²) < 4.78 is 0.688. The highest BCUT2D eigenvalue weighted by Crippen LogP contribution is 2.36. The third-order valence-corrected chi connectivity index (χ3v) is 6.01. The lowest BCUT2D eigenvalue weighted by atomic mass is 10.2. The second-order valence-corrected chi connectivity index (χ2v) is 8.19. The molecule has 7 nitrogen and oxygen atoms in total. The molecule has 2 aromatic heterocycles. The first-order valence-corrected chi connectivity index (χ1v) is 10.2. The fraction of sp³-hybridized carbons (Fsp3) is 0.105. The van der Waals surface area contributed by atoms with Gasteiger partial charge < -0.3 is 10.1 Å². The molecule has 28 heavy (non-hydrogen) atoms. The summed E-state index contributed by atoms with van der Waals surface area (Å²) in [5.74, 6) is -0.431. The van der Waals surface area contributed by atoms with Crippen molar-refractivity contribution < 1.29 is 9.90 Å². The highest BCUT2D eigenvalue weighted by Gasteiger charge is 2.12. The molecule has 0 radical (unpaired) electrons. The maximum Gasteiger partial charge on any atom is 0.275 e. The van der Waals surface area contributed by atoms with Crippen LogP contribution in [0.2, 0.25) is 0 Å². The summed E-state index contributed by atoms with van der Waals surface area (Å²) in [6.45, 7) is 1.94. The molecule has 2 heterocycles. The monoisotopic (exact) mass is 409 g/mol. The number of benzene rings is 2. The molecule has 0 bridgehead atoms. The number of fused-ring (bicyclic) bond motifs is 1. The van der Waals surface area contributed by atoms with Gasteiger partial charge in [-0.3, -0.25) is 4.79 Å². The smallest absolute Gasteiger partial charge is 0.275 e. The third-order valence-electron chi connectivity index (χ3n) is 3.92. The van der Waals surface area contributed by atoms with Gasteiger partial charge in [0.15, 0.2) is 10.0 Å². The van der Waals surface area contributed by atoms with Gasteiger partial charge in [0.2, 0.25) is 5.88 Å². The first-order chi connectivity index (χ1) is 13.6. The summed E-state index contributed by atoms with van der Waals surface area (Å²) in [6, 6.07) is 15.4. The zero-order valence-electron chi connectivity index (χ0n) is 14.8. The summed E-state index contributed by atoms with van der Waals surface area (Å²) in [5.41, 5.74) is 3.01. The Morgan fingerprint density at radius 1 is 1.21 bits per heavy atom. The molecule has 0 spiro atoms. The summed E-state index contributed by atoms with van der Waals surface area (Å²) in [6.07, 6.45) is 0. The molecular weight excluding hydrogens is 394 g/mol. The van der Waals surface area contributed by atoms with Gasteiger partial charge in [-0.2, -0.15) is 0 Å². The Kier molecular flexibility index (Phi) is 5.18. The number of carbonyl (C=O) groups excluding carboxylic acids is 1. The number of aromatic nitrogens is 3. The number of aromatic amines is 1. The standard InChI is InChI=1S/C19H15N5O2S2/c1-11-7-8-14-13(9-11)16(17(26)20-14)22-21-15(25)10-27-19-24-23-18(28-19)12-5-3-2-4-6-12/h2-9,20,26H,10H2,1H3. The van der Waals surface area contributed by atoms with Gasteiger partial charge in [0.25, 0.3) is 5.91 Å². The van der Waals surface area contributed by atoms with E-state index in [4.69, 9.17) is 0 Å². The van der Waals surface area contributed by atoms with Crippen molar-refractivity contribution >= 4 is 45.6 Å². The van der Waals surface area contributed by atoms with Crippen molar-refractivity contribution in [2.45, 2.75) is 11.3 Å². The fourth-order valence-electron chi connectivity index (χ4n) is 2.60. The van der Waals surface area contributed by atoms with Gasteiger partial charge >= 0.3 is 0 Å². The zero-order chi connectivity index (χ0) is 19.5. The van der Waals surface area contributed by atoms with E-state index in [-0.39, 0.29) is 17.3 Å². The molecule has 2 N–H and O–H groups in total. The average Bonchev–Trinajstić information content (AvgIpc) is 3.29. The van der Waals surface area contributed by atoms with Gasteiger partial charge in [0, 0.05) is 10.9 Å². The molecule has 4 aromatic rings. The van der Waals surface area contributed by atoms with Crippen LogP contribution in [0.5, 0.6) is 5.88 Å². The number of thioether (sulfide) groups is 1. The van der Waals surface area contributed by atoms with Gasteiger partial charge in [0.05, 0.1) is 11.3 Å². The average molecular weight is 409 g/mol. The molecule has 1 amide bonds. The van der Waals surface area contributed by atoms with Crippen LogP contribution >= 0.6 is 23.1 Å². The van der Waals surface area contributed by atoms with E-state index in [1.54, 1.807) is 0 Å². The molecule has 140 valence electrons. The molecule has 2 aromatic carbocycles. The van der Waals surface area contributed by atoms with Crippen molar-refractivity contribution in [2.24, 2.45) is 10.2 Å². The number of hydrogen-bond acceptors (Lipinski definition) is 7. The maximum absolute atomic E-state index is 12.1. The van der Waals surface area contributed by atoms with E-state index < -0.39 is 5.91 Å². The predicted molar refractivity (Wildman–Crippen MR) is 110 cm³/mol. The van der Waals surface area contributed by atoms with Crippen LogP contribution in [-0.2, 0) is 4.79 Å². The van der Waals surface area contributed by atoms with E-state index in [0.29, 0.717) is 4.34 Å². The molecule has 0 atom stereocenters. The third kappa shape index (κ3) is 3.95. The number of aryl methyl sites for hydroxylation is 1. The van der Waals surface area contributed by atoms with Gasteiger partial charge in [-0.15, -0.1) is 20.4 Å². The van der Waals surface area contributed by atoms with E-state index in [9.17, 15) is 9.90 Å². The van der Waals surface area contributed by atoms with Crippen molar-refractivity contribution in [3.8, 4) is 16.5 Å². The van der Waals surface area contributed by atoms with Crippen molar-refractivity contribution in [3.63, 3.8) is 0 Å². The molecule has 0 saturated heterocycles. The SMILES string of the molecule is Cc1ccc2[nH]c(O)c(N=NC(=O)CSc3nnc(-c4ccccc4)s3)c2c1. The maximum atomic E-state index is 12.1. The van der Waals surface area contributed by atoms with Crippen molar-refractivity contribution in [2.75, 3.05) is 5.75 Å². The van der Waals surface area contributed by atoms with Crippen molar-refractivity contribution in [1.29, 1.82) is 0 Å². The number of azo groups is 1. The number of H-pyrrole nitrogens is 1. The number of rotatable bonds is 5. The van der Waals surface area contributed by atoms with Crippen LogP contribution in [0.1, 0.15) is 5.56 Å². The van der Waals surface area contributed by atoms with Crippen LogP contribution in [0.4, 0.5) is 5.69 Å². The lowest BCUT2D eigenvalue weighted by molar-refractivity contribution is -0.115. The molecule has 0 unspecified atom stereocenters. The highest BCUT2D eigenvalue weighted by atomic mass is 32.2. The van der Waals surface area contributed by atoms with Crippen LogP contribution in [0.25, 0.3) is 21.5 Å². The molecule has 0 fully saturated rings. The first-order valence-electron chi connectivity index (χ1n) is 8.38. The van der Waals surface area contributed by atoms with Crippen LogP contribution < -0.4 is 0 Å². The lowest BCUT2D eigenvalue weighted by Crippen LogP contribution is -1.95.